The smallest absolute Gasteiger partial charge is 0.353 e. The lowest BCUT2D eigenvalue weighted by molar-refractivity contribution is -0.140. The molecule has 3 amide bonds. The monoisotopic (exact) mass is 483 g/mol. The van der Waals surface area contributed by atoms with Gasteiger partial charge in [-0.25, -0.2) is 14.2 Å². The number of carbonyl (C=O) groups is 2. The molecule has 2 aromatic heterocycles. The van der Waals surface area contributed by atoms with Gasteiger partial charge in [0.05, 0.1) is 11.1 Å². The molecule has 2 N–H and O–H groups in total. The number of aromatic nitrogens is 2. The zero-order valence-electron chi connectivity index (χ0n) is 17.2. The summed E-state index contributed by atoms with van der Waals surface area (Å²) < 4.78 is 54.1. The summed E-state index contributed by atoms with van der Waals surface area (Å²) in [7, 11) is 0. The summed E-state index contributed by atoms with van der Waals surface area (Å²) in [5, 5.41) is 5.27. The standard InChI is InChI=1S/C21H18ClF4N5O2/c1-11-19(32)27-6-7-31(11)20(33)29-18(12-2-4-15(23)14(22)8-12)13-3-5-17-28-16(21(24,25)26)10-30(17)9-13/h2-5,8-11,18H,6-7H2,1H3,(H,27,32)(H,29,33)/t11-,18?/m1/s1. The largest absolute Gasteiger partial charge is 0.434 e. The number of hydrogen-bond donors (Lipinski definition) is 2. The highest BCUT2D eigenvalue weighted by Gasteiger charge is 2.34. The predicted molar refractivity (Wildman–Crippen MR) is 111 cm³/mol. The minimum atomic E-state index is -4.62. The highest BCUT2D eigenvalue weighted by Crippen LogP contribution is 2.30. The molecule has 1 aromatic carbocycles. The molecule has 4 rings (SSSR count). The van der Waals surface area contributed by atoms with Crippen LogP contribution in [0.2, 0.25) is 5.02 Å². The first kappa shape index (κ1) is 22.8. The van der Waals surface area contributed by atoms with Gasteiger partial charge in [-0.1, -0.05) is 23.7 Å². The third-order valence-corrected chi connectivity index (χ3v) is 5.69. The minimum absolute atomic E-state index is 0.0645. The van der Waals surface area contributed by atoms with Crippen LogP contribution in [0.25, 0.3) is 5.65 Å². The van der Waals surface area contributed by atoms with E-state index in [-0.39, 0.29) is 29.7 Å². The van der Waals surface area contributed by atoms with Gasteiger partial charge in [0, 0.05) is 25.5 Å². The molecule has 1 aliphatic heterocycles. The Morgan fingerprint density at radius 1 is 1.24 bits per heavy atom. The second kappa shape index (κ2) is 8.54. The van der Waals surface area contributed by atoms with Gasteiger partial charge < -0.3 is 19.9 Å². The van der Waals surface area contributed by atoms with Crippen LogP contribution in [0, 0.1) is 5.82 Å². The number of halogens is 5. The van der Waals surface area contributed by atoms with E-state index in [1.807, 2.05) is 0 Å². The van der Waals surface area contributed by atoms with Crippen molar-refractivity contribution in [1.82, 2.24) is 24.9 Å². The predicted octanol–water partition coefficient (Wildman–Crippen LogP) is 3.76. The molecule has 1 fully saturated rings. The lowest BCUT2D eigenvalue weighted by Gasteiger charge is -2.34. The summed E-state index contributed by atoms with van der Waals surface area (Å²) in [5.41, 5.74) is -0.189. The van der Waals surface area contributed by atoms with Gasteiger partial charge in [-0.3, -0.25) is 4.79 Å². The average molecular weight is 484 g/mol. The van der Waals surface area contributed by atoms with Crippen molar-refractivity contribution >= 4 is 29.2 Å². The molecule has 3 aromatic rings. The molecule has 0 aliphatic carbocycles. The topological polar surface area (TPSA) is 78.7 Å². The number of benzene rings is 1. The summed E-state index contributed by atoms with van der Waals surface area (Å²) >= 11 is 5.93. The van der Waals surface area contributed by atoms with Crippen molar-refractivity contribution in [1.29, 1.82) is 0 Å². The Labute approximate surface area is 190 Å². The van der Waals surface area contributed by atoms with Crippen molar-refractivity contribution in [2.75, 3.05) is 13.1 Å². The van der Waals surface area contributed by atoms with E-state index in [9.17, 15) is 27.2 Å². The number of pyridine rings is 1. The quantitative estimate of drug-likeness (QED) is 0.557. The maximum absolute atomic E-state index is 13.7. The number of urea groups is 1. The van der Waals surface area contributed by atoms with E-state index in [2.05, 4.69) is 15.6 Å². The van der Waals surface area contributed by atoms with E-state index < -0.39 is 35.8 Å². The van der Waals surface area contributed by atoms with Gasteiger partial charge in [-0.15, -0.1) is 0 Å². The molecule has 2 atom stereocenters. The molecule has 33 heavy (non-hydrogen) atoms. The van der Waals surface area contributed by atoms with Crippen LogP contribution < -0.4 is 10.6 Å². The van der Waals surface area contributed by atoms with E-state index >= 15 is 0 Å². The number of amides is 3. The maximum Gasteiger partial charge on any atom is 0.434 e. The first-order valence-corrected chi connectivity index (χ1v) is 10.3. The van der Waals surface area contributed by atoms with Crippen LogP contribution in [-0.2, 0) is 11.0 Å². The third-order valence-electron chi connectivity index (χ3n) is 5.40. The molecular formula is C21H18ClF4N5O2. The zero-order valence-corrected chi connectivity index (χ0v) is 17.9. The second-order valence-electron chi connectivity index (χ2n) is 7.57. The molecule has 174 valence electrons. The van der Waals surface area contributed by atoms with Crippen molar-refractivity contribution in [2.24, 2.45) is 0 Å². The molecule has 3 heterocycles. The molecule has 7 nitrogen and oxygen atoms in total. The summed E-state index contributed by atoms with van der Waals surface area (Å²) in [6, 6.07) is 4.58. The summed E-state index contributed by atoms with van der Waals surface area (Å²) in [6.45, 7) is 2.13. The normalized spacial score (nSPS) is 17.7. The fraction of sp³-hybridized carbons (Fsp3) is 0.286. The Balaban J connectivity index is 1.73. The molecule has 0 spiro atoms. The van der Waals surface area contributed by atoms with E-state index in [4.69, 9.17) is 11.6 Å². The second-order valence-corrected chi connectivity index (χ2v) is 7.98. The Hall–Kier alpha value is -3.34. The SMILES string of the molecule is C[C@@H]1C(=O)NCCN1C(=O)NC(c1ccc(F)c(Cl)c1)c1ccc2nc(C(F)(F)F)cn2c1. The average Bonchev–Trinajstić information content (AvgIpc) is 3.20. The number of nitrogens with one attached hydrogen (secondary N) is 2. The number of rotatable bonds is 3. The van der Waals surface area contributed by atoms with E-state index in [0.29, 0.717) is 11.1 Å². The van der Waals surface area contributed by atoms with Gasteiger partial charge in [0.1, 0.15) is 17.5 Å². The van der Waals surface area contributed by atoms with Gasteiger partial charge in [-0.05, 0) is 36.2 Å². The molecule has 0 radical (unpaired) electrons. The van der Waals surface area contributed by atoms with Crippen molar-refractivity contribution in [3.63, 3.8) is 0 Å². The fourth-order valence-electron chi connectivity index (χ4n) is 3.63. The van der Waals surface area contributed by atoms with E-state index in [1.165, 1.54) is 39.8 Å². The van der Waals surface area contributed by atoms with E-state index in [0.717, 1.165) is 12.3 Å². The number of fused-ring (bicyclic) bond motifs is 1. The van der Waals surface area contributed by atoms with Gasteiger partial charge in [0.15, 0.2) is 5.69 Å². The number of nitrogens with zero attached hydrogens (tertiary/aromatic N) is 3. The molecule has 1 aliphatic rings. The maximum atomic E-state index is 13.7. The minimum Gasteiger partial charge on any atom is -0.353 e. The Bertz CT molecular complexity index is 1230. The van der Waals surface area contributed by atoms with Crippen LogP contribution >= 0.6 is 11.6 Å². The molecule has 1 unspecified atom stereocenters. The number of hydrogen-bond acceptors (Lipinski definition) is 3. The van der Waals surface area contributed by atoms with Crippen molar-refractivity contribution in [3.05, 3.63) is 70.4 Å². The van der Waals surface area contributed by atoms with Crippen molar-refractivity contribution in [2.45, 2.75) is 25.2 Å². The highest BCUT2D eigenvalue weighted by molar-refractivity contribution is 6.30. The van der Waals surface area contributed by atoms with Gasteiger partial charge in [-0.2, -0.15) is 13.2 Å². The highest BCUT2D eigenvalue weighted by atomic mass is 35.5. The van der Waals surface area contributed by atoms with Crippen LogP contribution in [-0.4, -0.2) is 45.4 Å². The summed E-state index contributed by atoms with van der Waals surface area (Å²) in [4.78, 5) is 29.9. The Morgan fingerprint density at radius 2 is 1.97 bits per heavy atom. The third kappa shape index (κ3) is 4.58. The van der Waals surface area contributed by atoms with Crippen LogP contribution in [0.1, 0.15) is 29.8 Å². The van der Waals surface area contributed by atoms with Crippen LogP contribution in [0.3, 0.4) is 0 Å². The lowest BCUT2D eigenvalue weighted by atomic mass is 10.00. The zero-order chi connectivity index (χ0) is 23.9. The van der Waals surface area contributed by atoms with Crippen LogP contribution in [0.4, 0.5) is 22.4 Å². The lowest BCUT2D eigenvalue weighted by Crippen LogP contribution is -2.58. The van der Waals surface area contributed by atoms with Gasteiger partial charge in [0.25, 0.3) is 0 Å². The molecule has 1 saturated heterocycles. The molecule has 12 heteroatoms. The van der Waals surface area contributed by atoms with Crippen LogP contribution in [0.15, 0.2) is 42.7 Å². The number of imidazole rings is 1. The first-order chi connectivity index (χ1) is 15.5. The van der Waals surface area contributed by atoms with Gasteiger partial charge in [0.2, 0.25) is 5.91 Å². The van der Waals surface area contributed by atoms with Gasteiger partial charge >= 0.3 is 12.2 Å². The Morgan fingerprint density at radius 3 is 2.67 bits per heavy atom. The molecule has 0 bridgehead atoms. The number of piperazine rings is 1. The fourth-order valence-corrected chi connectivity index (χ4v) is 3.82. The van der Waals surface area contributed by atoms with Crippen molar-refractivity contribution < 1.29 is 27.2 Å². The number of alkyl halides is 3. The van der Waals surface area contributed by atoms with Crippen LogP contribution in [0.5, 0.6) is 0 Å². The molecular weight excluding hydrogens is 466 g/mol. The van der Waals surface area contributed by atoms with E-state index in [1.54, 1.807) is 6.92 Å². The Kier molecular flexibility index (Phi) is 5.91. The first-order valence-electron chi connectivity index (χ1n) is 9.90. The number of carbonyl (C=O) groups excluding carboxylic acids is 2. The summed E-state index contributed by atoms with van der Waals surface area (Å²) in [5.74, 6) is -0.969. The van der Waals surface area contributed by atoms with Crippen molar-refractivity contribution in [3.8, 4) is 0 Å². The summed E-state index contributed by atoms with van der Waals surface area (Å²) in [6.07, 6.45) is -2.38. The molecule has 0 saturated carbocycles.